The van der Waals surface area contributed by atoms with Gasteiger partial charge in [-0.3, -0.25) is 0 Å². The number of rotatable bonds is 7. The van der Waals surface area contributed by atoms with Gasteiger partial charge in [-0.1, -0.05) is 12.1 Å². The molecule has 2 aromatic heterocycles. The van der Waals surface area contributed by atoms with Crippen LogP contribution < -0.4 is 0 Å². The van der Waals surface area contributed by atoms with Crippen LogP contribution in [0.4, 0.5) is 0 Å². The third kappa shape index (κ3) is 3.62. The lowest BCUT2D eigenvalue weighted by Gasteiger charge is -2.23. The summed E-state index contributed by atoms with van der Waals surface area (Å²) in [6.45, 7) is 6.60. The predicted molar refractivity (Wildman–Crippen MR) is 76.1 cm³/mol. The Labute approximate surface area is 122 Å². The second-order valence-corrected chi connectivity index (χ2v) is 5.64. The Morgan fingerprint density at radius 3 is 2.85 bits per heavy atom. The van der Waals surface area contributed by atoms with Gasteiger partial charge in [-0.25, -0.2) is 4.98 Å². The first kappa shape index (κ1) is 15.1. The van der Waals surface area contributed by atoms with Crippen molar-refractivity contribution in [1.82, 2.24) is 20.2 Å². The molecule has 0 aromatic carbocycles. The molecular formula is C13H20N4O2S. The van der Waals surface area contributed by atoms with Crippen molar-refractivity contribution in [2.45, 2.75) is 46.2 Å². The van der Waals surface area contributed by atoms with Crippen LogP contribution >= 0.6 is 11.3 Å². The quantitative estimate of drug-likeness (QED) is 0.732. The molecule has 1 unspecified atom stereocenters. The molecule has 0 saturated carbocycles. The van der Waals surface area contributed by atoms with E-state index in [4.69, 9.17) is 9.36 Å². The van der Waals surface area contributed by atoms with E-state index in [2.05, 4.69) is 22.0 Å². The molecular weight excluding hydrogens is 276 g/mol. The predicted octanol–water partition coefficient (Wildman–Crippen LogP) is 2.91. The van der Waals surface area contributed by atoms with E-state index < -0.39 is 0 Å². The number of nitrogens with zero attached hydrogens (tertiary/aromatic N) is 4. The summed E-state index contributed by atoms with van der Waals surface area (Å²) in [7, 11) is 1.64. The van der Waals surface area contributed by atoms with Gasteiger partial charge in [0.2, 0.25) is 5.89 Å². The van der Waals surface area contributed by atoms with Gasteiger partial charge in [0, 0.05) is 11.8 Å². The molecule has 1 atom stereocenters. The number of aromatic nitrogens is 3. The maximum absolute atomic E-state index is 5.43. The third-order valence-electron chi connectivity index (χ3n) is 3.00. The normalized spacial score (nSPS) is 13.1. The van der Waals surface area contributed by atoms with Crippen molar-refractivity contribution in [3.63, 3.8) is 0 Å². The maximum atomic E-state index is 5.43. The summed E-state index contributed by atoms with van der Waals surface area (Å²) in [5.74, 6) is 1.31. The average Bonchev–Trinajstić information content (AvgIpc) is 3.05. The molecule has 2 heterocycles. The summed E-state index contributed by atoms with van der Waals surface area (Å²) in [5, 5.41) is 8.87. The summed E-state index contributed by atoms with van der Waals surface area (Å²) >= 11 is 1.63. The van der Waals surface area contributed by atoms with Gasteiger partial charge in [-0.05, 0) is 20.3 Å². The third-order valence-corrected chi connectivity index (χ3v) is 3.79. The van der Waals surface area contributed by atoms with Gasteiger partial charge in [0.05, 0.1) is 30.4 Å². The van der Waals surface area contributed by atoms with E-state index >= 15 is 0 Å². The van der Waals surface area contributed by atoms with E-state index in [1.54, 1.807) is 23.5 Å². The molecule has 20 heavy (non-hydrogen) atoms. The highest BCUT2D eigenvalue weighted by molar-refractivity contribution is 7.09. The smallest absolute Gasteiger partial charge is 0.226 e. The second-order valence-electron chi connectivity index (χ2n) is 4.58. The lowest BCUT2D eigenvalue weighted by molar-refractivity contribution is -0.169. The van der Waals surface area contributed by atoms with Gasteiger partial charge in [0.25, 0.3) is 0 Å². The van der Waals surface area contributed by atoms with Crippen molar-refractivity contribution in [2.75, 3.05) is 7.11 Å². The Kier molecular flexibility index (Phi) is 5.22. The van der Waals surface area contributed by atoms with Crippen molar-refractivity contribution in [3.8, 4) is 0 Å². The van der Waals surface area contributed by atoms with Crippen LogP contribution in [0.3, 0.4) is 0 Å². The standard InChI is InChI=1S/C13H20N4O2S/c1-5-6-13-15-12(16-19-13)7-17(18-4)9(2)11-8-20-10(3)14-11/h8-9H,5-7H2,1-4H3. The largest absolute Gasteiger partial charge is 0.339 e. The van der Waals surface area contributed by atoms with Gasteiger partial charge >= 0.3 is 0 Å². The molecule has 6 nitrogen and oxygen atoms in total. The Morgan fingerprint density at radius 1 is 1.45 bits per heavy atom. The molecule has 110 valence electrons. The van der Waals surface area contributed by atoms with Gasteiger partial charge in [0.1, 0.15) is 0 Å². The van der Waals surface area contributed by atoms with Gasteiger partial charge in [-0.2, -0.15) is 10.0 Å². The molecule has 0 fully saturated rings. The lowest BCUT2D eigenvalue weighted by atomic mass is 10.2. The molecule has 0 saturated heterocycles. The van der Waals surface area contributed by atoms with Crippen LogP contribution in [0.2, 0.25) is 0 Å². The zero-order chi connectivity index (χ0) is 14.5. The zero-order valence-corrected chi connectivity index (χ0v) is 13.1. The Balaban J connectivity index is 2.03. The Morgan fingerprint density at radius 2 is 2.25 bits per heavy atom. The SMILES string of the molecule is CCCc1nc(CN(OC)C(C)c2csc(C)n2)no1. The minimum Gasteiger partial charge on any atom is -0.339 e. The number of hydroxylamine groups is 2. The minimum atomic E-state index is 0.0399. The molecule has 0 amide bonds. The van der Waals surface area contributed by atoms with Crippen LogP contribution in [0.1, 0.15) is 48.7 Å². The van der Waals surface area contributed by atoms with E-state index in [1.165, 1.54) is 0 Å². The van der Waals surface area contributed by atoms with Crippen molar-refractivity contribution in [1.29, 1.82) is 0 Å². The fourth-order valence-corrected chi connectivity index (χ4v) is 2.59. The monoisotopic (exact) mass is 296 g/mol. The van der Waals surface area contributed by atoms with Crippen LogP contribution in [-0.2, 0) is 17.8 Å². The van der Waals surface area contributed by atoms with E-state index in [0.29, 0.717) is 18.3 Å². The van der Waals surface area contributed by atoms with Crippen LogP contribution in [0.5, 0.6) is 0 Å². The van der Waals surface area contributed by atoms with Crippen molar-refractivity contribution >= 4 is 11.3 Å². The molecule has 7 heteroatoms. The molecule has 2 rings (SSSR count). The van der Waals surface area contributed by atoms with Crippen LogP contribution in [-0.4, -0.2) is 27.3 Å². The number of thiazole rings is 1. The maximum Gasteiger partial charge on any atom is 0.226 e. The Hall–Kier alpha value is -1.31. The fraction of sp³-hybridized carbons (Fsp3) is 0.615. The molecule has 0 spiro atoms. The fourth-order valence-electron chi connectivity index (χ4n) is 1.89. The first-order valence-electron chi connectivity index (χ1n) is 6.68. The summed E-state index contributed by atoms with van der Waals surface area (Å²) in [6.07, 6.45) is 1.80. The zero-order valence-electron chi connectivity index (χ0n) is 12.3. The summed E-state index contributed by atoms with van der Waals surface area (Å²) in [4.78, 5) is 14.3. The van der Waals surface area contributed by atoms with Crippen molar-refractivity contribution in [3.05, 3.63) is 27.8 Å². The molecule has 0 aliphatic carbocycles. The van der Waals surface area contributed by atoms with Crippen LogP contribution in [0.15, 0.2) is 9.90 Å². The minimum absolute atomic E-state index is 0.0399. The summed E-state index contributed by atoms with van der Waals surface area (Å²) in [5.41, 5.74) is 0.992. The summed E-state index contributed by atoms with van der Waals surface area (Å²) < 4.78 is 5.18. The first-order chi connectivity index (χ1) is 9.63. The summed E-state index contributed by atoms with van der Waals surface area (Å²) in [6, 6.07) is 0.0399. The molecule has 2 aromatic rings. The first-order valence-corrected chi connectivity index (χ1v) is 7.56. The van der Waals surface area contributed by atoms with E-state index in [9.17, 15) is 0 Å². The number of hydrogen-bond acceptors (Lipinski definition) is 7. The highest BCUT2D eigenvalue weighted by atomic mass is 32.1. The van der Waals surface area contributed by atoms with E-state index in [-0.39, 0.29) is 6.04 Å². The highest BCUT2D eigenvalue weighted by Gasteiger charge is 2.20. The Bertz CT molecular complexity index is 540. The second kappa shape index (κ2) is 6.92. The van der Waals surface area contributed by atoms with Crippen molar-refractivity contribution in [2.24, 2.45) is 0 Å². The van der Waals surface area contributed by atoms with Gasteiger partial charge in [0.15, 0.2) is 5.82 Å². The molecule has 0 N–H and O–H groups in total. The van der Waals surface area contributed by atoms with E-state index in [1.807, 2.05) is 19.2 Å². The van der Waals surface area contributed by atoms with Crippen LogP contribution in [0.25, 0.3) is 0 Å². The van der Waals surface area contributed by atoms with Gasteiger partial charge in [-0.15, -0.1) is 11.3 Å². The van der Waals surface area contributed by atoms with Crippen LogP contribution in [0, 0.1) is 6.92 Å². The topological polar surface area (TPSA) is 64.3 Å². The molecule has 0 aliphatic heterocycles. The molecule has 0 bridgehead atoms. The highest BCUT2D eigenvalue weighted by Crippen LogP contribution is 2.23. The van der Waals surface area contributed by atoms with E-state index in [0.717, 1.165) is 23.5 Å². The number of hydrogen-bond donors (Lipinski definition) is 0. The van der Waals surface area contributed by atoms with Crippen molar-refractivity contribution < 1.29 is 9.36 Å². The molecule has 0 radical (unpaired) electrons. The average molecular weight is 296 g/mol. The lowest BCUT2D eigenvalue weighted by Crippen LogP contribution is -2.26. The molecule has 0 aliphatic rings. The number of aryl methyl sites for hydroxylation is 2. The van der Waals surface area contributed by atoms with Gasteiger partial charge < -0.3 is 9.36 Å².